The summed E-state index contributed by atoms with van der Waals surface area (Å²) in [5.74, 6) is 1.74. The summed E-state index contributed by atoms with van der Waals surface area (Å²) in [6.07, 6.45) is 0.659. The van der Waals surface area contributed by atoms with E-state index in [1.165, 1.54) is 11.8 Å². The molecule has 8 nitrogen and oxygen atoms in total. The number of methoxy groups -OCH3 is 2. The molecule has 0 saturated heterocycles. The van der Waals surface area contributed by atoms with Crippen molar-refractivity contribution >= 4 is 46.0 Å². The van der Waals surface area contributed by atoms with E-state index in [0.29, 0.717) is 40.5 Å². The van der Waals surface area contributed by atoms with E-state index in [2.05, 4.69) is 19.2 Å². The molecule has 2 amide bonds. The number of fused-ring (bicyclic) bond motifs is 3. The lowest BCUT2D eigenvalue weighted by atomic mass is 10.0. The Morgan fingerprint density at radius 1 is 1.12 bits per heavy atom. The van der Waals surface area contributed by atoms with E-state index in [1.54, 1.807) is 44.2 Å². The molecule has 1 N–H and O–H groups in total. The molecule has 2 aliphatic rings. The van der Waals surface area contributed by atoms with Crippen molar-refractivity contribution < 1.29 is 19.1 Å². The lowest BCUT2D eigenvalue weighted by Gasteiger charge is -2.27. The molecule has 2 atom stereocenters. The maximum atomic E-state index is 13.3. The highest BCUT2D eigenvalue weighted by molar-refractivity contribution is 8.15. The van der Waals surface area contributed by atoms with Crippen LogP contribution in [-0.2, 0) is 9.59 Å². The second-order valence-corrected chi connectivity index (χ2v) is 9.84. The summed E-state index contributed by atoms with van der Waals surface area (Å²) >= 11 is 1.23. The lowest BCUT2D eigenvalue weighted by Crippen LogP contribution is -2.42. The van der Waals surface area contributed by atoms with Gasteiger partial charge < -0.3 is 14.8 Å². The number of amides is 2. The second-order valence-electron chi connectivity index (χ2n) is 8.53. The molecule has 0 saturated carbocycles. The van der Waals surface area contributed by atoms with E-state index in [4.69, 9.17) is 19.5 Å². The molecule has 0 radical (unpaired) electrons. The first-order chi connectivity index (χ1) is 16.3. The molecular weight excluding hydrogens is 452 g/mol. The molecule has 0 fully saturated rings. The molecular formula is C25H28N4O4S. The predicted molar refractivity (Wildman–Crippen MR) is 135 cm³/mol. The SMILES string of the molecule is COc1cc(NC(=O)[C@H](C)SC2=Nc3ccccc3C3=N[C@H](CC(C)C)C(=O)N23)cc(OC)c1. The molecule has 0 aromatic heterocycles. The number of aliphatic imine (C=N–C) groups is 2. The molecule has 2 aromatic carbocycles. The zero-order chi connectivity index (χ0) is 24.4. The van der Waals surface area contributed by atoms with E-state index < -0.39 is 11.3 Å². The minimum Gasteiger partial charge on any atom is -0.497 e. The van der Waals surface area contributed by atoms with Gasteiger partial charge in [0.2, 0.25) is 5.91 Å². The highest BCUT2D eigenvalue weighted by Gasteiger charge is 2.42. The van der Waals surface area contributed by atoms with E-state index >= 15 is 0 Å². The van der Waals surface area contributed by atoms with Crippen LogP contribution in [0.5, 0.6) is 11.5 Å². The van der Waals surface area contributed by atoms with Gasteiger partial charge in [-0.05, 0) is 31.4 Å². The van der Waals surface area contributed by atoms with Crippen LogP contribution >= 0.6 is 11.8 Å². The van der Waals surface area contributed by atoms with Crippen LogP contribution in [0.25, 0.3) is 0 Å². The number of rotatable bonds is 7. The van der Waals surface area contributed by atoms with Crippen molar-refractivity contribution in [2.24, 2.45) is 15.9 Å². The zero-order valence-electron chi connectivity index (χ0n) is 19.9. The van der Waals surface area contributed by atoms with Gasteiger partial charge in [0.1, 0.15) is 23.4 Å². The summed E-state index contributed by atoms with van der Waals surface area (Å²) in [7, 11) is 3.10. The number of benzene rings is 2. The fourth-order valence-electron chi connectivity index (χ4n) is 3.82. The Morgan fingerprint density at radius 3 is 2.44 bits per heavy atom. The van der Waals surface area contributed by atoms with Crippen LogP contribution in [0.15, 0.2) is 52.4 Å². The molecule has 34 heavy (non-hydrogen) atoms. The molecule has 0 unspecified atom stereocenters. The van der Waals surface area contributed by atoms with Crippen molar-refractivity contribution in [2.75, 3.05) is 19.5 Å². The summed E-state index contributed by atoms with van der Waals surface area (Å²) in [6.45, 7) is 5.92. The number of carbonyl (C=O) groups excluding carboxylic acids is 2. The molecule has 2 aromatic rings. The molecule has 2 heterocycles. The Balaban J connectivity index is 1.57. The summed E-state index contributed by atoms with van der Waals surface area (Å²) in [5.41, 5.74) is 2.12. The highest BCUT2D eigenvalue weighted by Crippen LogP contribution is 2.36. The molecule has 0 spiro atoms. The lowest BCUT2D eigenvalue weighted by molar-refractivity contribution is -0.125. The van der Waals surface area contributed by atoms with Gasteiger partial charge >= 0.3 is 0 Å². The number of nitrogens with one attached hydrogen (secondary N) is 1. The Bertz CT molecular complexity index is 1160. The van der Waals surface area contributed by atoms with E-state index in [0.717, 1.165) is 11.3 Å². The number of amidine groups is 2. The predicted octanol–water partition coefficient (Wildman–Crippen LogP) is 4.47. The van der Waals surface area contributed by atoms with Crippen molar-refractivity contribution in [1.29, 1.82) is 0 Å². The van der Waals surface area contributed by atoms with E-state index in [1.807, 2.05) is 24.3 Å². The average molecular weight is 481 g/mol. The maximum absolute atomic E-state index is 13.3. The Hall–Kier alpha value is -3.33. The van der Waals surface area contributed by atoms with Crippen LogP contribution < -0.4 is 14.8 Å². The van der Waals surface area contributed by atoms with Crippen LogP contribution in [0, 0.1) is 5.92 Å². The van der Waals surface area contributed by atoms with E-state index in [9.17, 15) is 9.59 Å². The molecule has 0 aliphatic carbocycles. The summed E-state index contributed by atoms with van der Waals surface area (Å²) < 4.78 is 10.6. The fourth-order valence-corrected chi connectivity index (χ4v) is 4.73. The molecule has 2 aliphatic heterocycles. The van der Waals surface area contributed by atoms with Gasteiger partial charge in [-0.25, -0.2) is 9.89 Å². The Morgan fingerprint density at radius 2 is 1.79 bits per heavy atom. The third-order valence-corrected chi connectivity index (χ3v) is 6.57. The van der Waals surface area contributed by atoms with Crippen molar-refractivity contribution in [1.82, 2.24) is 4.90 Å². The number of thioether (sulfide) groups is 1. The van der Waals surface area contributed by atoms with Gasteiger partial charge in [-0.1, -0.05) is 37.7 Å². The molecule has 9 heteroatoms. The summed E-state index contributed by atoms with van der Waals surface area (Å²) in [6, 6.07) is 12.3. The Labute approximate surface area is 203 Å². The monoisotopic (exact) mass is 480 g/mol. The largest absolute Gasteiger partial charge is 0.497 e. The number of hydrogen-bond donors (Lipinski definition) is 1. The maximum Gasteiger partial charge on any atom is 0.259 e. The van der Waals surface area contributed by atoms with Gasteiger partial charge in [0, 0.05) is 29.4 Å². The minimum absolute atomic E-state index is 0.102. The van der Waals surface area contributed by atoms with Crippen LogP contribution in [0.2, 0.25) is 0 Å². The normalized spacial score (nSPS) is 17.5. The fraction of sp³-hybridized carbons (Fsp3) is 0.360. The van der Waals surface area contributed by atoms with Gasteiger partial charge in [-0.15, -0.1) is 0 Å². The smallest absolute Gasteiger partial charge is 0.259 e. The van der Waals surface area contributed by atoms with Gasteiger partial charge in [-0.2, -0.15) is 0 Å². The van der Waals surface area contributed by atoms with Gasteiger partial charge in [-0.3, -0.25) is 14.6 Å². The van der Waals surface area contributed by atoms with Gasteiger partial charge in [0.15, 0.2) is 5.17 Å². The quantitative estimate of drug-likeness (QED) is 0.631. The van der Waals surface area contributed by atoms with Crippen molar-refractivity contribution in [3.63, 3.8) is 0 Å². The van der Waals surface area contributed by atoms with Crippen LogP contribution in [0.3, 0.4) is 0 Å². The first kappa shape index (κ1) is 23.8. The van der Waals surface area contributed by atoms with Crippen molar-refractivity contribution in [3.05, 3.63) is 48.0 Å². The number of nitrogens with zero attached hydrogens (tertiary/aromatic N) is 3. The first-order valence-electron chi connectivity index (χ1n) is 11.1. The number of hydrogen-bond acceptors (Lipinski definition) is 7. The Kier molecular flexibility index (Phi) is 6.92. The van der Waals surface area contributed by atoms with E-state index in [-0.39, 0.29) is 11.8 Å². The van der Waals surface area contributed by atoms with Crippen LogP contribution in [-0.4, -0.2) is 53.2 Å². The average Bonchev–Trinajstić information content (AvgIpc) is 3.14. The zero-order valence-corrected chi connectivity index (χ0v) is 20.7. The summed E-state index contributed by atoms with van der Waals surface area (Å²) in [4.78, 5) is 37.3. The van der Waals surface area contributed by atoms with Crippen LogP contribution in [0.1, 0.15) is 32.8 Å². The molecule has 0 bridgehead atoms. The molecule has 178 valence electrons. The topological polar surface area (TPSA) is 92.6 Å². The number of ether oxygens (including phenoxy) is 2. The molecule has 4 rings (SSSR count). The highest BCUT2D eigenvalue weighted by atomic mass is 32.2. The van der Waals surface area contributed by atoms with Gasteiger partial charge in [0.05, 0.1) is 25.2 Å². The standard InChI is InChI=1S/C25H28N4O4S/c1-14(2)10-21-24(31)29-22(27-21)19-8-6-7-9-20(19)28-25(29)34-15(3)23(30)26-16-11-17(32-4)13-18(12-16)33-5/h6-9,11-15,21H,10H2,1-5H3,(H,26,30)/t15-,21+/m0/s1. The minimum atomic E-state index is -0.528. The summed E-state index contributed by atoms with van der Waals surface area (Å²) in [5, 5.41) is 2.83. The van der Waals surface area contributed by atoms with Crippen LogP contribution in [0.4, 0.5) is 11.4 Å². The third kappa shape index (κ3) is 4.79. The number of carbonyl (C=O) groups is 2. The number of anilines is 1. The third-order valence-electron chi connectivity index (χ3n) is 5.51. The second kappa shape index (κ2) is 9.89. The van der Waals surface area contributed by atoms with Crippen molar-refractivity contribution in [3.8, 4) is 11.5 Å². The first-order valence-corrected chi connectivity index (χ1v) is 12.0. The van der Waals surface area contributed by atoms with Gasteiger partial charge in [0.25, 0.3) is 5.91 Å². The van der Waals surface area contributed by atoms with Crippen molar-refractivity contribution in [2.45, 2.75) is 38.5 Å². The number of para-hydroxylation sites is 1.